The molecule has 2 aliphatic rings. The van der Waals surface area contributed by atoms with Gasteiger partial charge in [0.05, 0.1) is 24.2 Å². The molecule has 6 nitrogen and oxygen atoms in total. The normalized spacial score (nSPS) is 17.2. The monoisotopic (exact) mass is 427 g/mol. The maximum atomic E-state index is 13.1. The number of amides is 1. The number of carbonyl (C=O) groups is 1. The molecule has 0 N–H and O–H groups in total. The van der Waals surface area contributed by atoms with Crippen LogP contribution in [-0.2, 0) is 33.5 Å². The highest BCUT2D eigenvalue weighted by atomic mass is 32.2. The summed E-state index contributed by atoms with van der Waals surface area (Å²) in [5.41, 5.74) is 1.48. The molecule has 1 aromatic heterocycles. The van der Waals surface area contributed by atoms with E-state index in [1.807, 2.05) is 23.1 Å². The highest BCUT2D eigenvalue weighted by Gasteiger charge is 2.37. The molecular formula is C23H29N3O3S. The van der Waals surface area contributed by atoms with Crippen LogP contribution < -0.4 is 0 Å². The fourth-order valence-corrected chi connectivity index (χ4v) is 5.81. The standard InChI is InChI=1S/C23H29N3O3S/c1-2-14-25-21(16-26(20-12-13-20)22(27)19-10-6-7-11-19)15-24-23(25)30(28,29)17-18-8-4-3-5-9-18/h2-5,8-9,15,19-20H,1,6-7,10-14,16-17H2. The van der Waals surface area contributed by atoms with E-state index in [0.29, 0.717) is 13.1 Å². The van der Waals surface area contributed by atoms with Gasteiger partial charge in [-0.2, -0.15) is 0 Å². The molecule has 0 radical (unpaired) electrons. The molecule has 30 heavy (non-hydrogen) atoms. The fraction of sp³-hybridized carbons (Fsp3) is 0.478. The quantitative estimate of drug-likeness (QED) is 0.572. The molecule has 0 atom stereocenters. The van der Waals surface area contributed by atoms with Gasteiger partial charge in [-0.1, -0.05) is 49.2 Å². The number of hydrogen-bond acceptors (Lipinski definition) is 4. The SMILES string of the molecule is C=CCn1c(CN(C(=O)C2CCCC2)C2CC2)cnc1S(=O)(=O)Cc1ccccc1. The van der Waals surface area contributed by atoms with Gasteiger partial charge in [0.25, 0.3) is 0 Å². The third-order valence-electron chi connectivity index (χ3n) is 6.00. The molecule has 1 amide bonds. The first kappa shape index (κ1) is 20.8. The van der Waals surface area contributed by atoms with Gasteiger partial charge in [0.2, 0.25) is 20.9 Å². The molecule has 0 unspecified atom stereocenters. The van der Waals surface area contributed by atoms with Crippen molar-refractivity contribution in [1.82, 2.24) is 14.5 Å². The summed E-state index contributed by atoms with van der Waals surface area (Å²) in [7, 11) is -3.62. The molecule has 2 fully saturated rings. The van der Waals surface area contributed by atoms with E-state index in [4.69, 9.17) is 0 Å². The molecule has 2 saturated carbocycles. The molecular weight excluding hydrogens is 398 g/mol. The van der Waals surface area contributed by atoms with E-state index in [1.165, 1.54) is 0 Å². The fourth-order valence-electron chi connectivity index (χ4n) is 4.30. The molecule has 4 rings (SSSR count). The van der Waals surface area contributed by atoms with E-state index < -0.39 is 9.84 Å². The van der Waals surface area contributed by atoms with Crippen molar-refractivity contribution in [1.29, 1.82) is 0 Å². The van der Waals surface area contributed by atoms with Gasteiger partial charge in [-0.15, -0.1) is 6.58 Å². The summed E-state index contributed by atoms with van der Waals surface area (Å²) in [6.45, 7) is 4.53. The second-order valence-electron chi connectivity index (χ2n) is 8.35. The van der Waals surface area contributed by atoms with Gasteiger partial charge in [-0.05, 0) is 31.2 Å². The summed E-state index contributed by atoms with van der Waals surface area (Å²) in [4.78, 5) is 19.3. The Hall–Kier alpha value is -2.41. The van der Waals surface area contributed by atoms with Crippen molar-refractivity contribution in [2.24, 2.45) is 5.92 Å². The predicted octanol–water partition coefficient (Wildman–Crippen LogP) is 3.72. The number of carbonyl (C=O) groups excluding carboxylic acids is 1. The van der Waals surface area contributed by atoms with Crippen LogP contribution in [0.5, 0.6) is 0 Å². The topological polar surface area (TPSA) is 72.3 Å². The Balaban J connectivity index is 1.60. The Kier molecular flexibility index (Phi) is 6.09. The van der Waals surface area contributed by atoms with E-state index in [0.717, 1.165) is 49.8 Å². The van der Waals surface area contributed by atoms with E-state index in [2.05, 4.69) is 11.6 Å². The maximum absolute atomic E-state index is 13.1. The largest absolute Gasteiger partial charge is 0.334 e. The second-order valence-corrected chi connectivity index (χ2v) is 10.2. The van der Waals surface area contributed by atoms with Crippen LogP contribution in [0.1, 0.15) is 49.8 Å². The molecule has 0 bridgehead atoms. The first-order valence-corrected chi connectivity index (χ1v) is 12.4. The van der Waals surface area contributed by atoms with Crippen LogP contribution in [0, 0.1) is 5.92 Å². The average Bonchev–Trinajstić information content (AvgIpc) is 3.25. The van der Waals surface area contributed by atoms with Crippen molar-refractivity contribution in [3.05, 3.63) is 60.4 Å². The number of hydrogen-bond donors (Lipinski definition) is 0. The van der Waals surface area contributed by atoms with E-state index in [1.54, 1.807) is 29.0 Å². The van der Waals surface area contributed by atoms with Gasteiger partial charge < -0.3 is 9.47 Å². The van der Waals surface area contributed by atoms with Crippen molar-refractivity contribution >= 4 is 15.7 Å². The number of nitrogens with zero attached hydrogens (tertiary/aromatic N) is 3. The highest BCUT2D eigenvalue weighted by molar-refractivity contribution is 7.90. The Bertz CT molecular complexity index is 1000. The molecule has 1 heterocycles. The van der Waals surface area contributed by atoms with Crippen molar-refractivity contribution < 1.29 is 13.2 Å². The van der Waals surface area contributed by atoms with Gasteiger partial charge in [0, 0.05) is 18.5 Å². The number of imidazole rings is 1. The van der Waals surface area contributed by atoms with Crippen LogP contribution in [0.15, 0.2) is 54.3 Å². The Morgan fingerprint density at radius 1 is 1.17 bits per heavy atom. The highest BCUT2D eigenvalue weighted by Crippen LogP contribution is 2.34. The Morgan fingerprint density at radius 3 is 2.50 bits per heavy atom. The van der Waals surface area contributed by atoms with Crippen molar-refractivity contribution in [3.8, 4) is 0 Å². The lowest BCUT2D eigenvalue weighted by Gasteiger charge is -2.26. The number of rotatable bonds is 9. The zero-order valence-corrected chi connectivity index (χ0v) is 18.1. The number of allylic oxidation sites excluding steroid dienone is 1. The maximum Gasteiger partial charge on any atom is 0.228 e. The average molecular weight is 428 g/mol. The smallest absolute Gasteiger partial charge is 0.228 e. The third-order valence-corrected chi connectivity index (χ3v) is 7.59. The predicted molar refractivity (Wildman–Crippen MR) is 115 cm³/mol. The molecule has 160 valence electrons. The third kappa shape index (κ3) is 4.51. The van der Waals surface area contributed by atoms with Gasteiger partial charge in [0.1, 0.15) is 0 Å². The van der Waals surface area contributed by atoms with Crippen molar-refractivity contribution in [2.45, 2.75) is 68.6 Å². The first-order valence-electron chi connectivity index (χ1n) is 10.7. The number of benzene rings is 1. The van der Waals surface area contributed by atoms with Crippen LogP contribution in [0.4, 0.5) is 0 Å². The summed E-state index contributed by atoms with van der Waals surface area (Å²) >= 11 is 0. The summed E-state index contributed by atoms with van der Waals surface area (Å²) in [6, 6.07) is 9.39. The lowest BCUT2D eigenvalue weighted by atomic mass is 10.1. The van der Waals surface area contributed by atoms with Gasteiger partial charge >= 0.3 is 0 Å². The van der Waals surface area contributed by atoms with Crippen molar-refractivity contribution in [2.75, 3.05) is 0 Å². The molecule has 1 aromatic carbocycles. The van der Waals surface area contributed by atoms with Crippen LogP contribution in [-0.4, -0.2) is 34.8 Å². The van der Waals surface area contributed by atoms with E-state index >= 15 is 0 Å². The lowest BCUT2D eigenvalue weighted by molar-refractivity contribution is -0.136. The Morgan fingerprint density at radius 2 is 1.87 bits per heavy atom. The van der Waals surface area contributed by atoms with Crippen LogP contribution in [0.2, 0.25) is 0 Å². The first-order chi connectivity index (χ1) is 14.5. The lowest BCUT2D eigenvalue weighted by Crippen LogP contribution is -2.37. The van der Waals surface area contributed by atoms with Crippen LogP contribution in [0.3, 0.4) is 0 Å². The molecule has 7 heteroatoms. The number of sulfone groups is 1. The minimum atomic E-state index is -3.62. The summed E-state index contributed by atoms with van der Waals surface area (Å²) in [6.07, 6.45) is 9.48. The molecule has 0 aliphatic heterocycles. The minimum Gasteiger partial charge on any atom is -0.334 e. The summed E-state index contributed by atoms with van der Waals surface area (Å²) in [5.74, 6) is 0.229. The van der Waals surface area contributed by atoms with Gasteiger partial charge in [-0.25, -0.2) is 13.4 Å². The summed E-state index contributed by atoms with van der Waals surface area (Å²) < 4.78 is 27.9. The molecule has 2 aromatic rings. The Labute approximate surface area is 178 Å². The summed E-state index contributed by atoms with van der Waals surface area (Å²) in [5, 5.41) is 0.0466. The van der Waals surface area contributed by atoms with Crippen LogP contribution in [0.25, 0.3) is 0 Å². The van der Waals surface area contributed by atoms with Gasteiger partial charge in [0.15, 0.2) is 0 Å². The van der Waals surface area contributed by atoms with E-state index in [-0.39, 0.29) is 28.8 Å². The van der Waals surface area contributed by atoms with Gasteiger partial charge in [-0.3, -0.25) is 4.79 Å². The molecule has 0 spiro atoms. The molecule has 0 saturated heterocycles. The molecule has 2 aliphatic carbocycles. The van der Waals surface area contributed by atoms with E-state index in [9.17, 15) is 13.2 Å². The zero-order chi connectivity index (χ0) is 21.1. The van der Waals surface area contributed by atoms with Crippen molar-refractivity contribution in [3.63, 3.8) is 0 Å². The zero-order valence-electron chi connectivity index (χ0n) is 17.2. The number of aromatic nitrogens is 2. The second kappa shape index (κ2) is 8.76. The van der Waals surface area contributed by atoms with Crippen LogP contribution >= 0.6 is 0 Å². The minimum absolute atomic E-state index is 0.0466.